The van der Waals surface area contributed by atoms with E-state index in [0.717, 1.165) is 31.2 Å². The Morgan fingerprint density at radius 2 is 2.13 bits per heavy atom. The van der Waals surface area contributed by atoms with Crippen molar-refractivity contribution in [3.63, 3.8) is 0 Å². The average molecular weight is 429 g/mol. The maximum Gasteiger partial charge on any atom is 0.286 e. The largest absolute Gasteiger partial charge is 0.483 e. The van der Waals surface area contributed by atoms with Gasteiger partial charge in [0.05, 0.1) is 6.04 Å². The van der Waals surface area contributed by atoms with E-state index in [2.05, 4.69) is 16.7 Å². The molecule has 2 aliphatic carbocycles. The number of halogens is 1. The lowest BCUT2D eigenvalue weighted by Gasteiger charge is -2.39. The summed E-state index contributed by atoms with van der Waals surface area (Å²) in [5.41, 5.74) is 2.22. The summed E-state index contributed by atoms with van der Waals surface area (Å²) in [6.07, 6.45) is 11.9. The first-order valence-corrected chi connectivity index (χ1v) is 11.4. The standard InChI is InChI=1S/C24H29ClN2O3/c25-19-9-5-4-8-17(19)15-22-24(29)27-20-14-18(10-11-21(20)30-22)23(28)26-13-12-16-6-2-1-3-7-16/h4-6,8-9,15,18,20-21H,1-3,7,10-14H2,(H,26,28)(H,27,29)/b22-15+. The fourth-order valence-electron chi connectivity index (χ4n) is 4.59. The topological polar surface area (TPSA) is 67.4 Å². The van der Waals surface area contributed by atoms with Crippen LogP contribution in [-0.4, -0.2) is 30.5 Å². The van der Waals surface area contributed by atoms with Crippen LogP contribution in [0.15, 0.2) is 41.7 Å². The van der Waals surface area contributed by atoms with Crippen molar-refractivity contribution in [2.45, 2.75) is 63.5 Å². The maximum absolute atomic E-state index is 12.6. The van der Waals surface area contributed by atoms with Gasteiger partial charge in [0.1, 0.15) is 6.10 Å². The molecular formula is C24H29ClN2O3. The summed E-state index contributed by atoms with van der Waals surface area (Å²) in [5.74, 6) is 0.0515. The van der Waals surface area contributed by atoms with Gasteiger partial charge >= 0.3 is 0 Å². The van der Waals surface area contributed by atoms with Gasteiger partial charge in [0.2, 0.25) is 5.91 Å². The first-order chi connectivity index (χ1) is 14.6. The van der Waals surface area contributed by atoms with Gasteiger partial charge in [-0.1, -0.05) is 41.4 Å². The van der Waals surface area contributed by atoms with Crippen molar-refractivity contribution in [2.24, 2.45) is 5.92 Å². The molecule has 1 heterocycles. The summed E-state index contributed by atoms with van der Waals surface area (Å²) in [4.78, 5) is 25.2. The van der Waals surface area contributed by atoms with Crippen LogP contribution in [0.3, 0.4) is 0 Å². The minimum absolute atomic E-state index is 0.0791. The number of allylic oxidation sites excluding steroid dienone is 1. The molecule has 3 unspecified atom stereocenters. The summed E-state index contributed by atoms with van der Waals surface area (Å²) in [6.45, 7) is 0.697. The number of benzene rings is 1. The molecule has 5 nitrogen and oxygen atoms in total. The molecule has 1 saturated heterocycles. The highest BCUT2D eigenvalue weighted by atomic mass is 35.5. The summed E-state index contributed by atoms with van der Waals surface area (Å²) >= 11 is 6.19. The summed E-state index contributed by atoms with van der Waals surface area (Å²) in [5, 5.41) is 6.71. The lowest BCUT2D eigenvalue weighted by atomic mass is 9.82. The Bertz CT molecular complexity index is 864. The first kappa shape index (κ1) is 21.0. The maximum atomic E-state index is 12.6. The molecule has 0 aromatic heterocycles. The Hall–Kier alpha value is -2.27. The van der Waals surface area contributed by atoms with E-state index >= 15 is 0 Å². The highest BCUT2D eigenvalue weighted by molar-refractivity contribution is 6.32. The van der Waals surface area contributed by atoms with E-state index in [1.54, 1.807) is 12.1 Å². The van der Waals surface area contributed by atoms with Gasteiger partial charge in [0.25, 0.3) is 5.91 Å². The second kappa shape index (κ2) is 9.69. The third-order valence-corrected chi connectivity index (χ3v) is 6.64. The van der Waals surface area contributed by atoms with Crippen LogP contribution in [0.2, 0.25) is 5.02 Å². The Balaban J connectivity index is 1.30. The Labute approximate surface area is 182 Å². The highest BCUT2D eigenvalue weighted by Gasteiger charge is 2.40. The van der Waals surface area contributed by atoms with Crippen molar-refractivity contribution in [3.05, 3.63) is 52.3 Å². The number of hydrogen-bond donors (Lipinski definition) is 2. The number of morpholine rings is 1. The Morgan fingerprint density at radius 3 is 2.93 bits per heavy atom. The van der Waals surface area contributed by atoms with Crippen LogP contribution < -0.4 is 10.6 Å². The van der Waals surface area contributed by atoms with Crippen LogP contribution >= 0.6 is 11.6 Å². The van der Waals surface area contributed by atoms with E-state index in [1.807, 2.05) is 18.2 Å². The quantitative estimate of drug-likeness (QED) is 0.540. The molecule has 1 aromatic carbocycles. The van der Waals surface area contributed by atoms with E-state index in [4.69, 9.17) is 16.3 Å². The van der Waals surface area contributed by atoms with Crippen molar-refractivity contribution >= 4 is 29.5 Å². The SMILES string of the molecule is O=C1NC2CC(C(=O)NCCC3=CCCCC3)CCC2O/C1=C/c1ccccc1Cl. The molecule has 1 aliphatic heterocycles. The monoisotopic (exact) mass is 428 g/mol. The molecule has 2 amide bonds. The first-order valence-electron chi connectivity index (χ1n) is 11.0. The molecule has 1 aromatic rings. The Kier molecular flexibility index (Phi) is 6.78. The zero-order valence-corrected chi connectivity index (χ0v) is 17.9. The predicted molar refractivity (Wildman–Crippen MR) is 118 cm³/mol. The van der Waals surface area contributed by atoms with Crippen LogP contribution in [0.25, 0.3) is 6.08 Å². The van der Waals surface area contributed by atoms with Gasteiger partial charge < -0.3 is 15.4 Å². The molecule has 1 saturated carbocycles. The zero-order valence-electron chi connectivity index (χ0n) is 17.2. The summed E-state index contributed by atoms with van der Waals surface area (Å²) < 4.78 is 6.00. The number of ether oxygens (including phenoxy) is 1. The van der Waals surface area contributed by atoms with Crippen LogP contribution in [0.1, 0.15) is 56.9 Å². The molecule has 6 heteroatoms. The third kappa shape index (κ3) is 5.07. The van der Waals surface area contributed by atoms with Crippen molar-refractivity contribution in [3.8, 4) is 0 Å². The molecule has 3 atom stereocenters. The molecule has 0 bridgehead atoms. The number of nitrogens with one attached hydrogen (secondary N) is 2. The third-order valence-electron chi connectivity index (χ3n) is 6.30. The lowest BCUT2D eigenvalue weighted by Crippen LogP contribution is -2.54. The predicted octanol–water partition coefficient (Wildman–Crippen LogP) is 4.37. The fraction of sp³-hybridized carbons (Fsp3) is 0.500. The van der Waals surface area contributed by atoms with E-state index in [-0.39, 0.29) is 35.6 Å². The number of carbonyl (C=O) groups excluding carboxylic acids is 2. The van der Waals surface area contributed by atoms with E-state index < -0.39 is 0 Å². The summed E-state index contributed by atoms with van der Waals surface area (Å²) in [7, 11) is 0. The van der Waals surface area contributed by atoms with Crippen LogP contribution in [-0.2, 0) is 14.3 Å². The molecule has 0 radical (unpaired) electrons. The fourth-order valence-corrected chi connectivity index (χ4v) is 4.78. The lowest BCUT2D eigenvalue weighted by molar-refractivity contribution is -0.134. The second-order valence-corrected chi connectivity index (χ2v) is 8.83. The van der Waals surface area contributed by atoms with Crippen molar-refractivity contribution < 1.29 is 14.3 Å². The van der Waals surface area contributed by atoms with Crippen molar-refractivity contribution in [2.75, 3.05) is 6.54 Å². The second-order valence-electron chi connectivity index (χ2n) is 8.43. The average Bonchev–Trinajstić information content (AvgIpc) is 2.76. The van der Waals surface area contributed by atoms with Gasteiger partial charge in [-0.2, -0.15) is 0 Å². The molecule has 160 valence electrons. The van der Waals surface area contributed by atoms with Gasteiger partial charge in [0, 0.05) is 17.5 Å². The van der Waals surface area contributed by atoms with Gasteiger partial charge in [-0.05, 0) is 69.1 Å². The number of carbonyl (C=O) groups is 2. The van der Waals surface area contributed by atoms with Gasteiger partial charge in [-0.25, -0.2) is 0 Å². The highest BCUT2D eigenvalue weighted by Crippen LogP contribution is 2.32. The molecule has 4 rings (SSSR count). The zero-order chi connectivity index (χ0) is 20.9. The van der Waals surface area contributed by atoms with E-state index in [1.165, 1.54) is 24.8 Å². The molecule has 3 aliphatic rings. The molecule has 0 spiro atoms. The van der Waals surface area contributed by atoms with E-state index in [9.17, 15) is 9.59 Å². The van der Waals surface area contributed by atoms with Gasteiger partial charge in [0.15, 0.2) is 5.76 Å². The van der Waals surface area contributed by atoms with Gasteiger partial charge in [-0.15, -0.1) is 0 Å². The number of amides is 2. The minimum Gasteiger partial charge on any atom is -0.483 e. The van der Waals surface area contributed by atoms with Crippen LogP contribution in [0.4, 0.5) is 0 Å². The number of rotatable bonds is 5. The van der Waals surface area contributed by atoms with E-state index in [0.29, 0.717) is 18.0 Å². The number of hydrogen-bond acceptors (Lipinski definition) is 3. The molecule has 2 N–H and O–H groups in total. The number of fused-ring (bicyclic) bond motifs is 1. The van der Waals surface area contributed by atoms with Crippen molar-refractivity contribution in [1.82, 2.24) is 10.6 Å². The van der Waals surface area contributed by atoms with Crippen LogP contribution in [0, 0.1) is 5.92 Å². The van der Waals surface area contributed by atoms with Crippen LogP contribution in [0.5, 0.6) is 0 Å². The smallest absolute Gasteiger partial charge is 0.286 e. The molecular weight excluding hydrogens is 400 g/mol. The van der Waals surface area contributed by atoms with Gasteiger partial charge in [-0.3, -0.25) is 9.59 Å². The molecule has 30 heavy (non-hydrogen) atoms. The summed E-state index contributed by atoms with van der Waals surface area (Å²) in [6, 6.07) is 7.22. The van der Waals surface area contributed by atoms with Crippen molar-refractivity contribution in [1.29, 1.82) is 0 Å². The molecule has 2 fully saturated rings. The minimum atomic E-state index is -0.249. The Morgan fingerprint density at radius 1 is 1.27 bits per heavy atom. The normalized spacial score (nSPS) is 27.5.